The normalized spacial score (nSPS) is 17.5. The summed E-state index contributed by atoms with van der Waals surface area (Å²) in [5.41, 5.74) is -1.90. The number of methoxy groups -OCH3 is 2. The largest absolute Gasteiger partial charge is 0.477 e. The molecule has 38 heavy (non-hydrogen) atoms. The number of rotatable bonds is 10. The van der Waals surface area contributed by atoms with Gasteiger partial charge in [-0.05, 0) is 23.8 Å². The Balaban J connectivity index is 1.65. The molecule has 1 aliphatic rings. The summed E-state index contributed by atoms with van der Waals surface area (Å²) in [5.74, 6) is -0.0761. The minimum atomic E-state index is -1.89. The van der Waals surface area contributed by atoms with Gasteiger partial charge in [0.1, 0.15) is 12.4 Å². The quantitative estimate of drug-likeness (QED) is 0.266. The number of hydrogen-bond acceptors (Lipinski definition) is 10. The highest BCUT2D eigenvalue weighted by Crippen LogP contribution is 2.41. The van der Waals surface area contributed by atoms with E-state index in [-0.39, 0.29) is 44.0 Å². The molecule has 2 aromatic carbocycles. The van der Waals surface area contributed by atoms with Crippen molar-refractivity contribution in [1.29, 1.82) is 5.26 Å². The molecule has 1 aromatic heterocycles. The summed E-state index contributed by atoms with van der Waals surface area (Å²) in [5, 5.41) is 30.8. The van der Waals surface area contributed by atoms with Crippen LogP contribution in [0.3, 0.4) is 0 Å². The van der Waals surface area contributed by atoms with Gasteiger partial charge in [0.15, 0.2) is 11.5 Å². The van der Waals surface area contributed by atoms with Gasteiger partial charge in [-0.1, -0.05) is 30.3 Å². The molecule has 11 nitrogen and oxygen atoms in total. The van der Waals surface area contributed by atoms with Crippen LogP contribution < -0.4 is 15.6 Å². The highest BCUT2D eigenvalue weighted by atomic mass is 16.6. The molecule has 2 heterocycles. The van der Waals surface area contributed by atoms with Crippen LogP contribution in [0.25, 0.3) is 0 Å². The number of H-pyrrole nitrogens is 1. The average Bonchev–Trinajstić information content (AvgIpc) is 2.90. The van der Waals surface area contributed by atoms with Crippen molar-refractivity contribution in [2.75, 3.05) is 32.8 Å². The van der Waals surface area contributed by atoms with Crippen LogP contribution in [0.1, 0.15) is 22.3 Å². The summed E-state index contributed by atoms with van der Waals surface area (Å²) >= 11 is 0. The number of nitrogens with one attached hydrogen (secondary N) is 2. The van der Waals surface area contributed by atoms with Crippen molar-refractivity contribution in [2.45, 2.75) is 30.8 Å². The van der Waals surface area contributed by atoms with Crippen molar-refractivity contribution in [3.05, 3.63) is 87.2 Å². The van der Waals surface area contributed by atoms with Crippen molar-refractivity contribution >= 4 is 11.8 Å². The SMILES string of the molecule is COCC1(COC)Oc2ccc(C#N)cc2CC1(O)Nc1n[nH]c(=O)cc1CC(=O)OCc1ccccc1. The maximum atomic E-state index is 12.6. The molecule has 0 saturated heterocycles. The first-order valence-corrected chi connectivity index (χ1v) is 11.8. The standard InChI is InChI=1S/C27H28N4O7/c1-35-16-26(17-36-2)27(34,13-21-10-19(14-28)8-9-22(21)38-26)29-25-20(11-23(32)30-31-25)12-24(33)37-15-18-6-4-3-5-7-18/h3-11,34H,12-13,15-17H2,1-2H3,(H,29,31)(H,30,32). The zero-order valence-electron chi connectivity index (χ0n) is 21.0. The van der Waals surface area contributed by atoms with E-state index in [1.54, 1.807) is 18.2 Å². The lowest BCUT2D eigenvalue weighted by atomic mass is 9.82. The van der Waals surface area contributed by atoms with Crippen LogP contribution >= 0.6 is 0 Å². The highest BCUT2D eigenvalue weighted by Gasteiger charge is 2.57. The molecule has 3 N–H and O–H groups in total. The van der Waals surface area contributed by atoms with Gasteiger partial charge in [0, 0.05) is 37.8 Å². The number of aliphatic hydroxyl groups is 1. The zero-order valence-corrected chi connectivity index (χ0v) is 21.0. The van der Waals surface area contributed by atoms with Gasteiger partial charge in [0.25, 0.3) is 5.56 Å². The number of fused-ring (bicyclic) bond motifs is 1. The Morgan fingerprint density at radius 3 is 2.61 bits per heavy atom. The smallest absolute Gasteiger partial charge is 0.310 e. The summed E-state index contributed by atoms with van der Waals surface area (Å²) < 4.78 is 22.4. The maximum absolute atomic E-state index is 12.6. The van der Waals surface area contributed by atoms with Crippen LogP contribution in [0.15, 0.2) is 59.4 Å². The molecule has 1 aliphatic heterocycles. The van der Waals surface area contributed by atoms with E-state index in [2.05, 4.69) is 21.6 Å². The molecule has 0 fully saturated rings. The summed E-state index contributed by atoms with van der Waals surface area (Å²) in [6.45, 7) is -0.0944. The molecule has 0 amide bonds. The van der Waals surface area contributed by atoms with E-state index in [1.165, 1.54) is 20.3 Å². The van der Waals surface area contributed by atoms with E-state index in [4.69, 9.17) is 18.9 Å². The fourth-order valence-corrected chi connectivity index (χ4v) is 4.41. The fraction of sp³-hybridized carbons (Fsp3) is 0.333. The Morgan fingerprint density at radius 1 is 1.18 bits per heavy atom. The fourth-order valence-electron chi connectivity index (χ4n) is 4.41. The van der Waals surface area contributed by atoms with Crippen molar-refractivity contribution in [2.24, 2.45) is 0 Å². The van der Waals surface area contributed by atoms with Gasteiger partial charge >= 0.3 is 5.97 Å². The number of benzene rings is 2. The van der Waals surface area contributed by atoms with Gasteiger partial charge in [-0.15, -0.1) is 0 Å². The molecule has 0 saturated carbocycles. The minimum Gasteiger partial charge on any atom is -0.477 e. The predicted octanol–water partition coefficient (Wildman–Crippen LogP) is 1.69. The number of carbonyl (C=O) groups is 1. The number of carbonyl (C=O) groups excluding carboxylic acids is 1. The molecule has 11 heteroatoms. The number of esters is 1. The maximum Gasteiger partial charge on any atom is 0.310 e. The van der Waals surface area contributed by atoms with Gasteiger partial charge in [0.05, 0.1) is 31.3 Å². The first kappa shape index (κ1) is 26.8. The van der Waals surface area contributed by atoms with E-state index in [9.17, 15) is 20.0 Å². The number of ether oxygens (including phenoxy) is 4. The Labute approximate surface area is 218 Å². The minimum absolute atomic E-state index is 0.0245. The van der Waals surface area contributed by atoms with E-state index in [1.807, 2.05) is 30.3 Å². The van der Waals surface area contributed by atoms with E-state index < -0.39 is 22.9 Å². The summed E-state index contributed by atoms with van der Waals surface area (Å²) in [7, 11) is 2.92. The Hall–Kier alpha value is -4.24. The third-order valence-corrected chi connectivity index (χ3v) is 6.24. The number of aromatic amines is 1. The number of anilines is 1. The van der Waals surface area contributed by atoms with E-state index >= 15 is 0 Å². The monoisotopic (exact) mass is 520 g/mol. The summed E-state index contributed by atoms with van der Waals surface area (Å²) in [6, 6.07) is 17.4. The molecule has 1 atom stereocenters. The second kappa shape index (κ2) is 11.4. The van der Waals surface area contributed by atoms with Gasteiger partial charge in [0.2, 0.25) is 5.60 Å². The molecular weight excluding hydrogens is 492 g/mol. The topological polar surface area (TPSA) is 156 Å². The van der Waals surface area contributed by atoms with Crippen LogP contribution in [0.2, 0.25) is 0 Å². The molecule has 0 aliphatic carbocycles. The molecule has 0 radical (unpaired) electrons. The summed E-state index contributed by atoms with van der Waals surface area (Å²) in [4.78, 5) is 24.7. The predicted molar refractivity (Wildman–Crippen MR) is 135 cm³/mol. The molecular formula is C27H28N4O7. The van der Waals surface area contributed by atoms with Crippen molar-refractivity contribution in [3.63, 3.8) is 0 Å². The van der Waals surface area contributed by atoms with Crippen molar-refractivity contribution in [3.8, 4) is 11.8 Å². The lowest BCUT2D eigenvalue weighted by molar-refractivity contribution is -0.180. The number of nitriles is 1. The number of nitrogens with zero attached hydrogens (tertiary/aromatic N) is 2. The Morgan fingerprint density at radius 2 is 1.92 bits per heavy atom. The van der Waals surface area contributed by atoms with Gasteiger partial charge in [-0.3, -0.25) is 9.59 Å². The second-order valence-corrected chi connectivity index (χ2v) is 8.99. The van der Waals surface area contributed by atoms with E-state index in [0.29, 0.717) is 16.9 Å². The van der Waals surface area contributed by atoms with E-state index in [0.717, 1.165) is 5.56 Å². The second-order valence-electron chi connectivity index (χ2n) is 8.99. The van der Waals surface area contributed by atoms with Crippen molar-refractivity contribution in [1.82, 2.24) is 10.2 Å². The summed E-state index contributed by atoms with van der Waals surface area (Å²) in [6.07, 6.45) is -0.303. The third-order valence-electron chi connectivity index (χ3n) is 6.24. The van der Waals surface area contributed by atoms with Gasteiger partial charge in [-0.25, -0.2) is 5.10 Å². The lowest BCUT2D eigenvalue weighted by Crippen LogP contribution is -2.70. The van der Waals surface area contributed by atoms with Crippen LogP contribution in [-0.4, -0.2) is 60.0 Å². The van der Waals surface area contributed by atoms with Crippen LogP contribution in [-0.2, 0) is 38.5 Å². The number of hydrogen-bond donors (Lipinski definition) is 3. The molecule has 0 spiro atoms. The molecule has 198 valence electrons. The Bertz CT molecular complexity index is 1380. The third kappa shape index (κ3) is 5.68. The lowest BCUT2D eigenvalue weighted by Gasteiger charge is -2.49. The van der Waals surface area contributed by atoms with Crippen LogP contribution in [0, 0.1) is 11.3 Å². The molecule has 4 rings (SSSR count). The molecule has 1 unspecified atom stereocenters. The first-order chi connectivity index (χ1) is 18.3. The molecule has 3 aromatic rings. The van der Waals surface area contributed by atoms with Crippen LogP contribution in [0.4, 0.5) is 5.82 Å². The Kier molecular flexibility index (Phi) is 8.07. The van der Waals surface area contributed by atoms with Gasteiger partial charge in [-0.2, -0.15) is 10.4 Å². The zero-order chi connectivity index (χ0) is 27.2. The first-order valence-electron chi connectivity index (χ1n) is 11.8. The highest BCUT2D eigenvalue weighted by molar-refractivity contribution is 5.74. The average molecular weight is 521 g/mol. The van der Waals surface area contributed by atoms with Gasteiger partial charge < -0.3 is 29.4 Å². The van der Waals surface area contributed by atoms with Crippen LogP contribution in [0.5, 0.6) is 5.75 Å². The number of aromatic nitrogens is 2. The van der Waals surface area contributed by atoms with Crippen molar-refractivity contribution < 1.29 is 28.8 Å². The molecule has 0 bridgehead atoms.